The van der Waals surface area contributed by atoms with E-state index in [9.17, 15) is 0 Å². The summed E-state index contributed by atoms with van der Waals surface area (Å²) in [6.07, 6.45) is 2.35. The molecule has 1 heterocycles. The summed E-state index contributed by atoms with van der Waals surface area (Å²) in [6.45, 7) is 6.97. The third-order valence-corrected chi connectivity index (χ3v) is 4.46. The molecule has 1 aliphatic heterocycles. The lowest BCUT2D eigenvalue weighted by Crippen LogP contribution is -2.47. The standard InChI is InChI=1S/C16H25ClN2/c1-4-15(13-5-7-14(17)8-6-13)18-16-9-10-19(3)11-12(16)2/h5-8,12,15-16,18H,4,9-11H2,1-3H3. The minimum atomic E-state index is 0.438. The van der Waals surface area contributed by atoms with Gasteiger partial charge in [0.05, 0.1) is 0 Å². The van der Waals surface area contributed by atoms with Crippen LogP contribution in [0, 0.1) is 5.92 Å². The summed E-state index contributed by atoms with van der Waals surface area (Å²) >= 11 is 5.96. The van der Waals surface area contributed by atoms with E-state index < -0.39 is 0 Å². The SMILES string of the molecule is CCC(NC1CCN(C)CC1C)c1ccc(Cl)cc1. The molecule has 0 radical (unpaired) electrons. The Hall–Kier alpha value is -0.570. The van der Waals surface area contributed by atoms with Gasteiger partial charge >= 0.3 is 0 Å². The van der Waals surface area contributed by atoms with Gasteiger partial charge in [0, 0.05) is 23.7 Å². The van der Waals surface area contributed by atoms with Crippen molar-refractivity contribution >= 4 is 11.6 Å². The van der Waals surface area contributed by atoms with Crippen molar-refractivity contribution in [3.8, 4) is 0 Å². The molecule has 0 aliphatic carbocycles. The Kier molecular flexibility index (Phi) is 5.26. The summed E-state index contributed by atoms with van der Waals surface area (Å²) in [5.74, 6) is 0.708. The highest BCUT2D eigenvalue weighted by atomic mass is 35.5. The summed E-state index contributed by atoms with van der Waals surface area (Å²) in [5.41, 5.74) is 1.35. The molecule has 2 rings (SSSR count). The molecule has 1 aromatic rings. The number of piperidine rings is 1. The molecule has 3 atom stereocenters. The predicted molar refractivity (Wildman–Crippen MR) is 82.7 cm³/mol. The van der Waals surface area contributed by atoms with E-state index in [1.165, 1.54) is 25.1 Å². The molecule has 1 saturated heterocycles. The van der Waals surface area contributed by atoms with Crippen molar-refractivity contribution in [1.29, 1.82) is 0 Å². The van der Waals surface area contributed by atoms with Crippen molar-refractivity contribution in [3.05, 3.63) is 34.9 Å². The van der Waals surface area contributed by atoms with Gasteiger partial charge in [-0.05, 0) is 50.0 Å². The molecule has 3 heteroatoms. The Labute approximate surface area is 122 Å². The van der Waals surface area contributed by atoms with Crippen molar-refractivity contribution in [2.24, 2.45) is 5.92 Å². The van der Waals surface area contributed by atoms with E-state index in [0.717, 1.165) is 11.4 Å². The van der Waals surface area contributed by atoms with Crippen LogP contribution in [0.25, 0.3) is 0 Å². The maximum absolute atomic E-state index is 5.96. The van der Waals surface area contributed by atoms with Crippen LogP contribution < -0.4 is 5.32 Å². The summed E-state index contributed by atoms with van der Waals surface area (Å²) in [4.78, 5) is 2.42. The second kappa shape index (κ2) is 6.74. The maximum Gasteiger partial charge on any atom is 0.0406 e. The minimum Gasteiger partial charge on any atom is -0.307 e. The lowest BCUT2D eigenvalue weighted by Gasteiger charge is -2.37. The van der Waals surface area contributed by atoms with Crippen molar-refractivity contribution < 1.29 is 0 Å². The number of hydrogen-bond donors (Lipinski definition) is 1. The number of nitrogens with zero attached hydrogens (tertiary/aromatic N) is 1. The van der Waals surface area contributed by atoms with E-state index in [1.807, 2.05) is 12.1 Å². The van der Waals surface area contributed by atoms with E-state index in [2.05, 4.69) is 43.2 Å². The fourth-order valence-corrected chi connectivity index (χ4v) is 3.13. The smallest absolute Gasteiger partial charge is 0.0406 e. The van der Waals surface area contributed by atoms with Crippen LogP contribution in [0.4, 0.5) is 0 Å². The van der Waals surface area contributed by atoms with Crippen LogP contribution in [0.15, 0.2) is 24.3 Å². The van der Waals surface area contributed by atoms with Gasteiger partial charge in [-0.15, -0.1) is 0 Å². The van der Waals surface area contributed by atoms with Crippen molar-refractivity contribution in [1.82, 2.24) is 10.2 Å². The van der Waals surface area contributed by atoms with Gasteiger partial charge in [0.1, 0.15) is 0 Å². The first-order valence-electron chi connectivity index (χ1n) is 7.30. The van der Waals surface area contributed by atoms with Gasteiger partial charge in [0.2, 0.25) is 0 Å². The fraction of sp³-hybridized carbons (Fsp3) is 0.625. The third kappa shape index (κ3) is 3.95. The summed E-state index contributed by atoms with van der Waals surface area (Å²) in [6, 6.07) is 9.31. The van der Waals surface area contributed by atoms with E-state index in [4.69, 9.17) is 11.6 Å². The van der Waals surface area contributed by atoms with Gasteiger partial charge < -0.3 is 10.2 Å². The van der Waals surface area contributed by atoms with Crippen LogP contribution in [0.1, 0.15) is 38.3 Å². The first kappa shape index (κ1) is 14.8. The van der Waals surface area contributed by atoms with Crippen molar-refractivity contribution in [3.63, 3.8) is 0 Å². The Bertz CT molecular complexity index is 390. The van der Waals surface area contributed by atoms with E-state index >= 15 is 0 Å². The number of likely N-dealkylation sites (tertiary alicyclic amines) is 1. The molecule has 0 amide bonds. The molecule has 19 heavy (non-hydrogen) atoms. The zero-order chi connectivity index (χ0) is 13.8. The molecule has 1 N–H and O–H groups in total. The molecule has 3 unspecified atom stereocenters. The molecule has 1 fully saturated rings. The average molecular weight is 281 g/mol. The number of hydrogen-bond acceptors (Lipinski definition) is 2. The van der Waals surface area contributed by atoms with Crippen LogP contribution in [0.5, 0.6) is 0 Å². The molecule has 0 spiro atoms. The molecule has 2 nitrogen and oxygen atoms in total. The van der Waals surface area contributed by atoms with Crippen LogP contribution >= 0.6 is 11.6 Å². The second-order valence-electron chi connectivity index (χ2n) is 5.81. The van der Waals surface area contributed by atoms with Gasteiger partial charge in [-0.3, -0.25) is 0 Å². The monoisotopic (exact) mass is 280 g/mol. The quantitative estimate of drug-likeness (QED) is 0.904. The molecule has 1 aliphatic rings. The van der Waals surface area contributed by atoms with E-state index in [0.29, 0.717) is 18.0 Å². The van der Waals surface area contributed by atoms with Gasteiger partial charge in [0.25, 0.3) is 0 Å². The van der Waals surface area contributed by atoms with E-state index in [1.54, 1.807) is 0 Å². The zero-order valence-electron chi connectivity index (χ0n) is 12.2. The molecular formula is C16H25ClN2. The van der Waals surface area contributed by atoms with Crippen LogP contribution in [-0.2, 0) is 0 Å². The predicted octanol–water partition coefficient (Wildman–Crippen LogP) is 3.72. The topological polar surface area (TPSA) is 15.3 Å². The molecule has 0 aromatic heterocycles. The Morgan fingerprint density at radius 2 is 2.05 bits per heavy atom. The Morgan fingerprint density at radius 1 is 1.37 bits per heavy atom. The third-order valence-electron chi connectivity index (χ3n) is 4.20. The molecule has 1 aromatic carbocycles. The summed E-state index contributed by atoms with van der Waals surface area (Å²) in [5, 5.41) is 4.65. The number of rotatable bonds is 4. The zero-order valence-corrected chi connectivity index (χ0v) is 13.0. The van der Waals surface area contributed by atoms with Crippen molar-refractivity contribution in [2.75, 3.05) is 20.1 Å². The summed E-state index contributed by atoms with van der Waals surface area (Å²) in [7, 11) is 2.21. The molecule has 0 bridgehead atoms. The van der Waals surface area contributed by atoms with Crippen LogP contribution in [0.3, 0.4) is 0 Å². The molecule has 106 valence electrons. The van der Waals surface area contributed by atoms with Crippen LogP contribution in [0.2, 0.25) is 5.02 Å². The second-order valence-corrected chi connectivity index (χ2v) is 6.25. The molecule has 0 saturated carbocycles. The molecular weight excluding hydrogens is 256 g/mol. The number of nitrogens with one attached hydrogen (secondary N) is 1. The highest BCUT2D eigenvalue weighted by molar-refractivity contribution is 6.30. The van der Waals surface area contributed by atoms with Gasteiger partial charge in [0.15, 0.2) is 0 Å². The first-order valence-corrected chi connectivity index (χ1v) is 7.68. The fourth-order valence-electron chi connectivity index (χ4n) is 3.01. The normalized spacial score (nSPS) is 26.3. The first-order chi connectivity index (χ1) is 9.10. The van der Waals surface area contributed by atoms with Gasteiger partial charge in [-0.1, -0.05) is 37.6 Å². The lowest BCUT2D eigenvalue weighted by atomic mass is 9.92. The van der Waals surface area contributed by atoms with E-state index in [-0.39, 0.29) is 0 Å². The van der Waals surface area contributed by atoms with Crippen LogP contribution in [-0.4, -0.2) is 31.1 Å². The highest BCUT2D eigenvalue weighted by Crippen LogP contribution is 2.23. The number of halogens is 1. The Morgan fingerprint density at radius 3 is 2.63 bits per heavy atom. The summed E-state index contributed by atoms with van der Waals surface area (Å²) < 4.78 is 0. The maximum atomic E-state index is 5.96. The average Bonchev–Trinajstić information content (AvgIpc) is 2.39. The van der Waals surface area contributed by atoms with Gasteiger partial charge in [-0.2, -0.15) is 0 Å². The minimum absolute atomic E-state index is 0.438. The Balaban J connectivity index is 2.01. The van der Waals surface area contributed by atoms with Gasteiger partial charge in [-0.25, -0.2) is 0 Å². The van der Waals surface area contributed by atoms with Crippen molar-refractivity contribution in [2.45, 2.75) is 38.8 Å². The largest absolute Gasteiger partial charge is 0.307 e. The lowest BCUT2D eigenvalue weighted by molar-refractivity contribution is 0.165. The number of benzene rings is 1. The highest BCUT2D eigenvalue weighted by Gasteiger charge is 2.26.